The molecule has 2 amide bonds. The molecule has 146 valence electrons. The van der Waals surface area contributed by atoms with Gasteiger partial charge >= 0.3 is 5.97 Å². The van der Waals surface area contributed by atoms with Gasteiger partial charge in [0.15, 0.2) is 6.61 Å². The minimum absolute atomic E-state index is 0.0505. The van der Waals surface area contributed by atoms with Crippen LogP contribution < -0.4 is 10.2 Å². The quantitative estimate of drug-likeness (QED) is 0.745. The average Bonchev–Trinajstić information content (AvgIpc) is 3.05. The van der Waals surface area contributed by atoms with Crippen LogP contribution in [0.1, 0.15) is 12.0 Å². The molecule has 0 aliphatic carbocycles. The number of halogens is 2. The van der Waals surface area contributed by atoms with Crippen LogP contribution in [0, 0.1) is 12.8 Å². The van der Waals surface area contributed by atoms with Crippen molar-refractivity contribution >= 4 is 52.4 Å². The Morgan fingerprint density at radius 1 is 1.21 bits per heavy atom. The smallest absolute Gasteiger partial charge is 0.311 e. The van der Waals surface area contributed by atoms with Crippen molar-refractivity contribution in [1.82, 2.24) is 0 Å². The van der Waals surface area contributed by atoms with Gasteiger partial charge in [-0.2, -0.15) is 0 Å². The minimum Gasteiger partial charge on any atom is -0.455 e. The molecule has 0 aromatic heterocycles. The summed E-state index contributed by atoms with van der Waals surface area (Å²) in [5.41, 5.74) is 2.05. The summed E-state index contributed by atoms with van der Waals surface area (Å²) in [7, 11) is 0. The van der Waals surface area contributed by atoms with Gasteiger partial charge in [-0.3, -0.25) is 14.4 Å². The number of carbonyl (C=O) groups excluding carboxylic acids is 3. The number of anilines is 2. The topological polar surface area (TPSA) is 75.7 Å². The second kappa shape index (κ2) is 8.63. The van der Waals surface area contributed by atoms with E-state index in [1.54, 1.807) is 17.0 Å². The molecular formula is C20H18Cl2N2O4. The number of amides is 2. The van der Waals surface area contributed by atoms with Gasteiger partial charge in [-0.15, -0.1) is 0 Å². The first-order chi connectivity index (χ1) is 13.3. The largest absolute Gasteiger partial charge is 0.455 e. The third kappa shape index (κ3) is 4.64. The molecule has 1 aliphatic heterocycles. The van der Waals surface area contributed by atoms with Gasteiger partial charge in [0, 0.05) is 23.7 Å². The number of aryl methyl sites for hydroxylation is 1. The van der Waals surface area contributed by atoms with Crippen molar-refractivity contribution < 1.29 is 19.1 Å². The van der Waals surface area contributed by atoms with Gasteiger partial charge in [0.1, 0.15) is 0 Å². The molecule has 1 heterocycles. The molecule has 0 radical (unpaired) electrons. The number of carbonyl (C=O) groups is 3. The summed E-state index contributed by atoms with van der Waals surface area (Å²) in [5, 5.41) is 3.27. The molecule has 0 bridgehead atoms. The van der Waals surface area contributed by atoms with E-state index < -0.39 is 24.4 Å². The van der Waals surface area contributed by atoms with Gasteiger partial charge < -0.3 is 15.0 Å². The molecule has 0 spiro atoms. The summed E-state index contributed by atoms with van der Waals surface area (Å²) in [6, 6.07) is 12.1. The molecule has 1 N–H and O–H groups in total. The Morgan fingerprint density at radius 3 is 2.71 bits per heavy atom. The third-order valence-corrected chi connectivity index (χ3v) is 4.98. The monoisotopic (exact) mass is 420 g/mol. The highest BCUT2D eigenvalue weighted by molar-refractivity contribution is 6.35. The van der Waals surface area contributed by atoms with Crippen LogP contribution in [0.15, 0.2) is 42.5 Å². The van der Waals surface area contributed by atoms with Gasteiger partial charge in [0.25, 0.3) is 5.91 Å². The van der Waals surface area contributed by atoms with Gasteiger partial charge in [-0.25, -0.2) is 0 Å². The molecule has 8 heteroatoms. The maximum atomic E-state index is 12.3. The summed E-state index contributed by atoms with van der Waals surface area (Å²) >= 11 is 11.9. The van der Waals surface area contributed by atoms with E-state index in [-0.39, 0.29) is 18.9 Å². The summed E-state index contributed by atoms with van der Waals surface area (Å²) < 4.78 is 5.09. The highest BCUT2D eigenvalue weighted by Crippen LogP contribution is 2.28. The maximum Gasteiger partial charge on any atom is 0.311 e. The molecule has 28 heavy (non-hydrogen) atoms. The van der Waals surface area contributed by atoms with Gasteiger partial charge in [0.05, 0.1) is 16.6 Å². The van der Waals surface area contributed by atoms with Crippen molar-refractivity contribution in [3.63, 3.8) is 0 Å². The molecule has 0 saturated carbocycles. The van der Waals surface area contributed by atoms with E-state index in [2.05, 4.69) is 5.32 Å². The Labute approximate surface area is 172 Å². The molecular weight excluding hydrogens is 403 g/mol. The van der Waals surface area contributed by atoms with Crippen LogP contribution in [-0.4, -0.2) is 30.9 Å². The highest BCUT2D eigenvalue weighted by Gasteiger charge is 2.36. The zero-order chi connectivity index (χ0) is 20.3. The highest BCUT2D eigenvalue weighted by atomic mass is 35.5. The van der Waals surface area contributed by atoms with Crippen molar-refractivity contribution in [2.24, 2.45) is 5.92 Å². The standard InChI is InChI=1S/C20H18Cl2N2O4/c1-12-4-2-3-5-17(12)24-10-13(8-19(24)26)20(27)28-11-18(25)23-16-9-14(21)6-7-15(16)22/h2-7,9,13H,8,10-11H2,1H3,(H,23,25)/t13-/m1/s1. The maximum absolute atomic E-state index is 12.3. The van der Waals surface area contributed by atoms with Crippen LogP contribution in [0.5, 0.6) is 0 Å². The number of nitrogens with one attached hydrogen (secondary N) is 1. The third-order valence-electron chi connectivity index (χ3n) is 4.41. The molecule has 1 saturated heterocycles. The van der Waals surface area contributed by atoms with Crippen molar-refractivity contribution in [1.29, 1.82) is 0 Å². The van der Waals surface area contributed by atoms with Gasteiger partial charge in [0.2, 0.25) is 5.91 Å². The fourth-order valence-electron chi connectivity index (χ4n) is 3.00. The Balaban J connectivity index is 1.55. The SMILES string of the molecule is Cc1ccccc1N1C[C@H](C(=O)OCC(=O)Nc2cc(Cl)ccc2Cl)CC1=O. The van der Waals surface area contributed by atoms with Crippen LogP contribution >= 0.6 is 23.2 Å². The Hall–Kier alpha value is -2.57. The van der Waals surface area contributed by atoms with Crippen molar-refractivity contribution in [2.75, 3.05) is 23.4 Å². The fourth-order valence-corrected chi connectivity index (χ4v) is 3.34. The zero-order valence-corrected chi connectivity index (χ0v) is 16.6. The normalized spacial score (nSPS) is 16.2. The predicted molar refractivity (Wildman–Crippen MR) is 108 cm³/mol. The molecule has 0 unspecified atom stereocenters. The molecule has 1 atom stereocenters. The zero-order valence-electron chi connectivity index (χ0n) is 15.1. The number of hydrogen-bond acceptors (Lipinski definition) is 4. The molecule has 1 aliphatic rings. The van der Waals surface area contributed by atoms with Gasteiger partial charge in [-0.05, 0) is 36.8 Å². The Kier molecular flexibility index (Phi) is 6.21. The lowest BCUT2D eigenvalue weighted by Gasteiger charge is -2.18. The average molecular weight is 421 g/mol. The Morgan fingerprint density at radius 2 is 1.96 bits per heavy atom. The lowest BCUT2D eigenvalue weighted by molar-refractivity contribution is -0.151. The first-order valence-corrected chi connectivity index (χ1v) is 9.38. The van der Waals surface area contributed by atoms with E-state index in [0.717, 1.165) is 11.3 Å². The number of nitrogens with zero attached hydrogens (tertiary/aromatic N) is 1. The van der Waals surface area contributed by atoms with Gasteiger partial charge in [-0.1, -0.05) is 41.4 Å². The number of rotatable bonds is 5. The summed E-state index contributed by atoms with van der Waals surface area (Å²) in [6.07, 6.45) is 0.0505. The second-order valence-electron chi connectivity index (χ2n) is 6.47. The number of hydrogen-bond donors (Lipinski definition) is 1. The van der Waals surface area contributed by atoms with Crippen LogP contribution in [0.25, 0.3) is 0 Å². The first kappa shape index (κ1) is 20.2. The lowest BCUT2D eigenvalue weighted by Crippen LogP contribution is -2.28. The van der Waals surface area contributed by atoms with Crippen molar-refractivity contribution in [3.8, 4) is 0 Å². The van der Waals surface area contributed by atoms with E-state index in [0.29, 0.717) is 15.7 Å². The number of ether oxygens (including phenoxy) is 1. The van der Waals surface area contributed by atoms with Crippen LogP contribution in [0.2, 0.25) is 10.0 Å². The second-order valence-corrected chi connectivity index (χ2v) is 7.32. The molecule has 1 fully saturated rings. The van der Waals surface area contributed by atoms with Crippen LogP contribution in [0.3, 0.4) is 0 Å². The van der Waals surface area contributed by atoms with Crippen LogP contribution in [0.4, 0.5) is 11.4 Å². The molecule has 2 aromatic rings. The molecule has 2 aromatic carbocycles. The van der Waals surface area contributed by atoms with E-state index in [1.807, 2.05) is 31.2 Å². The van der Waals surface area contributed by atoms with Crippen LogP contribution in [-0.2, 0) is 19.1 Å². The summed E-state index contributed by atoms with van der Waals surface area (Å²) in [4.78, 5) is 38.2. The fraction of sp³-hybridized carbons (Fsp3) is 0.250. The van der Waals surface area contributed by atoms with Crippen molar-refractivity contribution in [3.05, 3.63) is 58.1 Å². The summed E-state index contributed by atoms with van der Waals surface area (Å²) in [5.74, 6) is -1.89. The lowest BCUT2D eigenvalue weighted by atomic mass is 10.1. The predicted octanol–water partition coefficient (Wildman–Crippen LogP) is 3.84. The summed E-state index contributed by atoms with van der Waals surface area (Å²) in [6.45, 7) is 1.65. The number of esters is 1. The van der Waals surface area contributed by atoms with E-state index in [1.165, 1.54) is 6.07 Å². The molecule has 3 rings (SSSR count). The minimum atomic E-state index is -0.616. The number of para-hydroxylation sites is 1. The van der Waals surface area contributed by atoms with E-state index >= 15 is 0 Å². The Bertz CT molecular complexity index is 932. The van der Waals surface area contributed by atoms with E-state index in [9.17, 15) is 14.4 Å². The number of benzene rings is 2. The molecule has 6 nitrogen and oxygen atoms in total. The van der Waals surface area contributed by atoms with Crippen molar-refractivity contribution in [2.45, 2.75) is 13.3 Å². The van der Waals surface area contributed by atoms with E-state index in [4.69, 9.17) is 27.9 Å². The first-order valence-electron chi connectivity index (χ1n) is 8.62.